The summed E-state index contributed by atoms with van der Waals surface area (Å²) in [5.74, 6) is 1.20. The van der Waals surface area contributed by atoms with E-state index in [1.807, 2.05) is 67.3 Å². The number of imidazole rings is 1. The van der Waals surface area contributed by atoms with E-state index in [1.165, 1.54) is 4.68 Å². The number of nitrogens with one attached hydrogen (secondary N) is 1. The summed E-state index contributed by atoms with van der Waals surface area (Å²) in [6, 6.07) is 9.75. The van der Waals surface area contributed by atoms with Crippen molar-refractivity contribution in [3.8, 4) is 0 Å². The topological polar surface area (TPSA) is 99.9 Å². The molecule has 0 atom stereocenters. The quantitative estimate of drug-likeness (QED) is 0.460. The fourth-order valence-electron chi connectivity index (χ4n) is 4.24. The molecule has 0 aliphatic heterocycles. The van der Waals surface area contributed by atoms with E-state index in [4.69, 9.17) is 4.42 Å². The number of hydrogen-bond acceptors (Lipinski definition) is 5. The molecule has 32 heavy (non-hydrogen) atoms. The molecule has 1 amide bonds. The van der Waals surface area contributed by atoms with Gasteiger partial charge in [-0.2, -0.15) is 5.10 Å². The number of carbonyl (C=O) groups is 1. The minimum Gasteiger partial charge on any atom is -0.459 e. The SMILES string of the molecule is Cc1cc2c(o1)c1cnn(CC(=O)NCc3nc4ccccc4n3C)c(=O)c1n2C(C)C. The van der Waals surface area contributed by atoms with Gasteiger partial charge in [-0.15, -0.1) is 0 Å². The maximum absolute atomic E-state index is 13.2. The summed E-state index contributed by atoms with van der Waals surface area (Å²) in [6.07, 6.45) is 1.60. The molecule has 0 spiro atoms. The van der Waals surface area contributed by atoms with Crippen LogP contribution in [0.1, 0.15) is 31.5 Å². The van der Waals surface area contributed by atoms with Crippen molar-refractivity contribution in [3.63, 3.8) is 0 Å². The second kappa shape index (κ2) is 7.37. The van der Waals surface area contributed by atoms with Gasteiger partial charge in [-0.05, 0) is 32.9 Å². The van der Waals surface area contributed by atoms with Crippen molar-refractivity contribution in [1.82, 2.24) is 29.2 Å². The van der Waals surface area contributed by atoms with Gasteiger partial charge in [-0.25, -0.2) is 9.67 Å². The number of hydrogen-bond donors (Lipinski definition) is 1. The maximum Gasteiger partial charge on any atom is 0.291 e. The number of benzene rings is 1. The third-order valence-electron chi connectivity index (χ3n) is 5.73. The lowest BCUT2D eigenvalue weighted by Gasteiger charge is -2.11. The van der Waals surface area contributed by atoms with Crippen LogP contribution in [0.4, 0.5) is 0 Å². The molecular weight excluding hydrogens is 408 g/mol. The minimum atomic E-state index is -0.321. The number of nitrogens with zero attached hydrogens (tertiary/aromatic N) is 5. The van der Waals surface area contributed by atoms with Crippen LogP contribution in [0.2, 0.25) is 0 Å². The zero-order chi connectivity index (χ0) is 22.6. The molecule has 5 rings (SSSR count). The Kier molecular flexibility index (Phi) is 4.61. The van der Waals surface area contributed by atoms with Gasteiger partial charge in [0.1, 0.15) is 23.6 Å². The second-order valence-electron chi connectivity index (χ2n) is 8.26. The summed E-state index contributed by atoms with van der Waals surface area (Å²) in [7, 11) is 1.91. The highest BCUT2D eigenvalue weighted by molar-refractivity contribution is 6.04. The van der Waals surface area contributed by atoms with Gasteiger partial charge < -0.3 is 18.9 Å². The number of amides is 1. The largest absolute Gasteiger partial charge is 0.459 e. The Balaban J connectivity index is 1.43. The number of furan rings is 1. The van der Waals surface area contributed by atoms with Crippen LogP contribution < -0.4 is 10.9 Å². The monoisotopic (exact) mass is 432 g/mol. The van der Waals surface area contributed by atoms with E-state index in [0.29, 0.717) is 16.5 Å². The first-order chi connectivity index (χ1) is 15.3. The molecular formula is C23H24N6O3. The average molecular weight is 432 g/mol. The van der Waals surface area contributed by atoms with E-state index in [1.54, 1.807) is 6.20 Å². The molecule has 0 saturated carbocycles. The molecule has 0 radical (unpaired) electrons. The maximum atomic E-state index is 13.2. The number of rotatable bonds is 5. The Morgan fingerprint density at radius 3 is 2.75 bits per heavy atom. The summed E-state index contributed by atoms with van der Waals surface area (Å²) in [5, 5.41) is 7.73. The van der Waals surface area contributed by atoms with E-state index in [-0.39, 0.29) is 30.6 Å². The van der Waals surface area contributed by atoms with E-state index in [9.17, 15) is 9.59 Å². The Morgan fingerprint density at radius 2 is 2.00 bits per heavy atom. The molecule has 0 fully saturated rings. The highest BCUT2D eigenvalue weighted by Gasteiger charge is 2.21. The van der Waals surface area contributed by atoms with E-state index >= 15 is 0 Å². The molecule has 0 bridgehead atoms. The van der Waals surface area contributed by atoms with Crippen molar-refractivity contribution in [2.45, 2.75) is 39.9 Å². The first-order valence-electron chi connectivity index (χ1n) is 10.5. The summed E-state index contributed by atoms with van der Waals surface area (Å²) in [5.41, 5.74) is 3.54. The first kappa shape index (κ1) is 20.0. The van der Waals surface area contributed by atoms with Crippen LogP contribution in [0, 0.1) is 6.92 Å². The van der Waals surface area contributed by atoms with Crippen molar-refractivity contribution < 1.29 is 9.21 Å². The highest BCUT2D eigenvalue weighted by atomic mass is 16.3. The molecule has 0 saturated heterocycles. The standard InChI is InChI=1S/C23H24N6O3/c1-13(2)29-18-9-14(3)32-22(18)15-10-25-28(23(31)21(15)29)12-20(30)24-11-19-26-16-7-5-6-8-17(16)27(19)4/h5-10,13H,11-12H2,1-4H3,(H,24,30). The fourth-order valence-corrected chi connectivity index (χ4v) is 4.24. The lowest BCUT2D eigenvalue weighted by Crippen LogP contribution is -2.34. The van der Waals surface area contributed by atoms with Gasteiger partial charge in [0.2, 0.25) is 5.91 Å². The molecule has 4 heterocycles. The van der Waals surface area contributed by atoms with Crippen LogP contribution in [0.5, 0.6) is 0 Å². The van der Waals surface area contributed by atoms with E-state index in [2.05, 4.69) is 15.4 Å². The molecule has 4 aromatic heterocycles. The number of para-hydroxylation sites is 2. The highest BCUT2D eigenvalue weighted by Crippen LogP contribution is 2.31. The molecule has 1 aromatic carbocycles. The Morgan fingerprint density at radius 1 is 1.22 bits per heavy atom. The van der Waals surface area contributed by atoms with Gasteiger partial charge in [0.05, 0.1) is 34.7 Å². The number of carbonyl (C=O) groups excluding carboxylic acids is 1. The summed E-state index contributed by atoms with van der Waals surface area (Å²) in [6.45, 7) is 5.97. The van der Waals surface area contributed by atoms with Gasteiger partial charge in [0, 0.05) is 19.2 Å². The molecule has 0 aliphatic rings. The number of fused-ring (bicyclic) bond motifs is 4. The van der Waals surface area contributed by atoms with Gasteiger partial charge in [-0.1, -0.05) is 12.1 Å². The van der Waals surface area contributed by atoms with E-state index < -0.39 is 0 Å². The zero-order valence-electron chi connectivity index (χ0n) is 18.4. The summed E-state index contributed by atoms with van der Waals surface area (Å²) in [4.78, 5) is 30.4. The molecule has 1 N–H and O–H groups in total. The molecule has 9 heteroatoms. The van der Waals surface area contributed by atoms with Crippen LogP contribution in [0.15, 0.2) is 45.7 Å². The normalized spacial score (nSPS) is 11.9. The van der Waals surface area contributed by atoms with Crippen molar-refractivity contribution in [3.05, 3.63) is 58.5 Å². The zero-order valence-corrected chi connectivity index (χ0v) is 18.4. The second-order valence-corrected chi connectivity index (χ2v) is 8.26. The number of aromatic nitrogens is 5. The van der Waals surface area contributed by atoms with E-state index in [0.717, 1.165) is 28.1 Å². The van der Waals surface area contributed by atoms with Gasteiger partial charge >= 0.3 is 0 Å². The van der Waals surface area contributed by atoms with Crippen molar-refractivity contribution >= 4 is 38.9 Å². The van der Waals surface area contributed by atoms with Gasteiger partial charge in [0.25, 0.3) is 5.56 Å². The minimum absolute atomic E-state index is 0.0434. The molecule has 0 unspecified atom stereocenters. The Labute approximate surface area is 183 Å². The van der Waals surface area contributed by atoms with Crippen molar-refractivity contribution in [2.75, 3.05) is 0 Å². The molecule has 5 aromatic rings. The van der Waals surface area contributed by atoms with Crippen LogP contribution in [-0.2, 0) is 24.9 Å². The van der Waals surface area contributed by atoms with Crippen LogP contribution in [0.25, 0.3) is 33.0 Å². The molecule has 9 nitrogen and oxygen atoms in total. The van der Waals surface area contributed by atoms with Gasteiger partial charge in [0.15, 0.2) is 5.58 Å². The van der Waals surface area contributed by atoms with Crippen LogP contribution in [-0.4, -0.2) is 29.8 Å². The first-order valence-corrected chi connectivity index (χ1v) is 10.5. The summed E-state index contributed by atoms with van der Waals surface area (Å²) < 4.78 is 10.9. The van der Waals surface area contributed by atoms with Crippen LogP contribution >= 0.6 is 0 Å². The smallest absolute Gasteiger partial charge is 0.291 e. The van der Waals surface area contributed by atoms with Crippen LogP contribution in [0.3, 0.4) is 0 Å². The lowest BCUT2D eigenvalue weighted by molar-refractivity contribution is -0.122. The third-order valence-corrected chi connectivity index (χ3v) is 5.73. The fraction of sp³-hybridized carbons (Fsp3) is 0.304. The average Bonchev–Trinajstić information content (AvgIpc) is 3.38. The predicted octanol–water partition coefficient (Wildman–Crippen LogP) is 3.04. The summed E-state index contributed by atoms with van der Waals surface area (Å²) >= 11 is 0. The van der Waals surface area contributed by atoms with Crippen molar-refractivity contribution in [2.24, 2.45) is 7.05 Å². The Bertz CT molecular complexity index is 1550. The van der Waals surface area contributed by atoms with Crippen molar-refractivity contribution in [1.29, 1.82) is 0 Å². The number of aryl methyl sites for hydroxylation is 2. The third kappa shape index (κ3) is 3.08. The Hall–Kier alpha value is -3.88. The molecule has 0 aliphatic carbocycles. The predicted molar refractivity (Wildman–Crippen MR) is 121 cm³/mol. The van der Waals surface area contributed by atoms with Gasteiger partial charge in [-0.3, -0.25) is 9.59 Å². The molecule has 164 valence electrons. The lowest BCUT2D eigenvalue weighted by atomic mass is 10.3.